The molecule has 0 heterocycles. The molecule has 0 saturated heterocycles. The Hall–Kier alpha value is -1.82. The van der Waals surface area contributed by atoms with Gasteiger partial charge in [0.2, 0.25) is 5.91 Å². The van der Waals surface area contributed by atoms with Crippen LogP contribution in [0.4, 0.5) is 8.78 Å². The second kappa shape index (κ2) is 6.76. The maximum Gasteiger partial charge on any atom is 0.231 e. The lowest BCUT2D eigenvalue weighted by molar-refractivity contribution is -0.119. The molecule has 1 aromatic carbocycles. The highest BCUT2D eigenvalue weighted by Gasteiger charge is 2.27. The Balaban J connectivity index is 2.15. The van der Waals surface area contributed by atoms with E-state index < -0.39 is 28.9 Å². The fraction of sp³-hybridized carbons (Fsp3) is 0.467. The molecule has 1 saturated carbocycles. The van der Waals surface area contributed by atoms with Gasteiger partial charge in [0, 0.05) is 6.04 Å². The van der Waals surface area contributed by atoms with Crippen molar-refractivity contribution >= 4 is 11.7 Å². The zero-order chi connectivity index (χ0) is 15.4. The van der Waals surface area contributed by atoms with Gasteiger partial charge in [-0.25, -0.2) is 8.78 Å². The summed E-state index contributed by atoms with van der Waals surface area (Å²) in [6, 6.07) is 3.37. The number of carbonyl (C=O) groups excluding carboxylic acids is 2. The molecule has 21 heavy (non-hydrogen) atoms. The normalized spacial score (nSPS) is 15.6. The summed E-state index contributed by atoms with van der Waals surface area (Å²) in [4.78, 5) is 24.9. The van der Waals surface area contributed by atoms with Crippen LogP contribution in [0.1, 0.15) is 36.0 Å². The molecule has 1 aliphatic rings. The van der Waals surface area contributed by atoms with Crippen molar-refractivity contribution in [2.45, 2.75) is 31.7 Å². The van der Waals surface area contributed by atoms with Crippen molar-refractivity contribution < 1.29 is 18.4 Å². The highest BCUT2D eigenvalue weighted by molar-refractivity contribution is 5.98. The zero-order valence-corrected chi connectivity index (χ0v) is 11.6. The van der Waals surface area contributed by atoms with Crippen molar-refractivity contribution in [1.29, 1.82) is 0 Å². The molecule has 1 aliphatic carbocycles. The highest BCUT2D eigenvalue weighted by atomic mass is 19.1. The fourth-order valence-corrected chi connectivity index (χ4v) is 2.81. The Morgan fingerprint density at radius 3 is 2.24 bits per heavy atom. The van der Waals surface area contributed by atoms with Gasteiger partial charge in [0.25, 0.3) is 0 Å². The van der Waals surface area contributed by atoms with Gasteiger partial charge in [-0.3, -0.25) is 14.5 Å². The third-order valence-corrected chi connectivity index (χ3v) is 3.79. The van der Waals surface area contributed by atoms with E-state index in [2.05, 4.69) is 0 Å². The molecule has 0 bridgehead atoms. The van der Waals surface area contributed by atoms with E-state index in [9.17, 15) is 18.4 Å². The summed E-state index contributed by atoms with van der Waals surface area (Å²) in [5, 5.41) is 0. The smallest absolute Gasteiger partial charge is 0.231 e. The Bertz CT molecular complexity index is 522. The summed E-state index contributed by atoms with van der Waals surface area (Å²) in [6.45, 7) is -0.280. The van der Waals surface area contributed by atoms with Gasteiger partial charge in [0.05, 0.1) is 18.7 Å². The number of primary amides is 1. The molecule has 2 rings (SSSR count). The average molecular weight is 296 g/mol. The first-order chi connectivity index (χ1) is 9.99. The maximum atomic E-state index is 13.6. The van der Waals surface area contributed by atoms with Crippen LogP contribution in [0.25, 0.3) is 0 Å². The number of hydrogen-bond acceptors (Lipinski definition) is 3. The van der Waals surface area contributed by atoms with E-state index >= 15 is 0 Å². The second-order valence-electron chi connectivity index (χ2n) is 5.33. The predicted octanol–water partition coefficient (Wildman–Crippen LogP) is 1.88. The quantitative estimate of drug-likeness (QED) is 0.815. The standard InChI is InChI=1S/C15H18F2N2O2/c16-11-6-3-7-12(17)15(11)13(20)8-19(9-14(18)21)10-4-1-2-5-10/h3,6-7,10H,1-2,4-5,8-9H2,(H2,18,21). The molecule has 0 spiro atoms. The van der Waals surface area contributed by atoms with Gasteiger partial charge in [0.15, 0.2) is 5.78 Å². The molecular formula is C15H18F2N2O2. The molecule has 0 unspecified atom stereocenters. The molecule has 0 atom stereocenters. The van der Waals surface area contributed by atoms with E-state index in [0.717, 1.165) is 37.8 Å². The van der Waals surface area contributed by atoms with Crippen LogP contribution in [0.5, 0.6) is 0 Å². The molecule has 1 fully saturated rings. The summed E-state index contributed by atoms with van der Waals surface area (Å²) in [7, 11) is 0. The SMILES string of the molecule is NC(=O)CN(CC(=O)c1c(F)cccc1F)C1CCCC1. The Morgan fingerprint density at radius 1 is 1.14 bits per heavy atom. The molecule has 4 nitrogen and oxygen atoms in total. The van der Waals surface area contributed by atoms with Crippen molar-refractivity contribution in [3.8, 4) is 0 Å². The number of Topliss-reactive ketones (excluding diaryl/α,β-unsaturated/α-hetero) is 1. The summed E-state index contributed by atoms with van der Waals surface area (Å²) >= 11 is 0. The Kier molecular flexibility index (Phi) is 5.01. The molecular weight excluding hydrogens is 278 g/mol. The van der Waals surface area contributed by atoms with E-state index in [1.165, 1.54) is 6.07 Å². The summed E-state index contributed by atoms with van der Waals surface area (Å²) < 4.78 is 27.2. The number of nitrogens with two attached hydrogens (primary N) is 1. The third-order valence-electron chi connectivity index (χ3n) is 3.79. The number of amides is 1. The van der Waals surface area contributed by atoms with E-state index in [1.807, 2.05) is 0 Å². The zero-order valence-electron chi connectivity index (χ0n) is 11.6. The van der Waals surface area contributed by atoms with Crippen molar-refractivity contribution in [2.24, 2.45) is 5.73 Å². The van der Waals surface area contributed by atoms with Gasteiger partial charge in [0.1, 0.15) is 11.6 Å². The lowest BCUT2D eigenvalue weighted by Crippen LogP contribution is -2.43. The summed E-state index contributed by atoms with van der Waals surface area (Å²) in [5.74, 6) is -2.99. The number of benzene rings is 1. The predicted molar refractivity (Wildman–Crippen MR) is 73.7 cm³/mol. The minimum atomic E-state index is -0.884. The monoisotopic (exact) mass is 296 g/mol. The number of carbonyl (C=O) groups is 2. The van der Waals surface area contributed by atoms with Crippen LogP contribution < -0.4 is 5.73 Å². The topological polar surface area (TPSA) is 63.4 Å². The van der Waals surface area contributed by atoms with E-state index in [0.29, 0.717) is 0 Å². The van der Waals surface area contributed by atoms with E-state index in [-0.39, 0.29) is 19.1 Å². The van der Waals surface area contributed by atoms with Crippen LogP contribution >= 0.6 is 0 Å². The van der Waals surface area contributed by atoms with Crippen LogP contribution in [0.15, 0.2) is 18.2 Å². The van der Waals surface area contributed by atoms with Gasteiger partial charge in [-0.05, 0) is 25.0 Å². The lowest BCUT2D eigenvalue weighted by atomic mass is 10.1. The number of halogens is 2. The second-order valence-corrected chi connectivity index (χ2v) is 5.33. The maximum absolute atomic E-state index is 13.6. The summed E-state index contributed by atoms with van der Waals surface area (Å²) in [5.41, 5.74) is 4.64. The van der Waals surface area contributed by atoms with E-state index in [4.69, 9.17) is 5.73 Å². The van der Waals surface area contributed by atoms with Crippen molar-refractivity contribution in [3.05, 3.63) is 35.4 Å². The fourth-order valence-electron chi connectivity index (χ4n) is 2.81. The molecule has 1 aromatic rings. The number of hydrogen-bond donors (Lipinski definition) is 1. The van der Waals surface area contributed by atoms with Crippen molar-refractivity contribution in [3.63, 3.8) is 0 Å². The van der Waals surface area contributed by atoms with Crippen LogP contribution in [-0.4, -0.2) is 35.7 Å². The van der Waals surface area contributed by atoms with E-state index in [1.54, 1.807) is 4.90 Å². The molecule has 114 valence electrons. The first-order valence-corrected chi connectivity index (χ1v) is 6.98. The van der Waals surface area contributed by atoms with Crippen molar-refractivity contribution in [2.75, 3.05) is 13.1 Å². The first kappa shape index (κ1) is 15.6. The van der Waals surface area contributed by atoms with Gasteiger partial charge < -0.3 is 5.73 Å². The molecule has 0 radical (unpaired) electrons. The van der Waals surface area contributed by atoms with Gasteiger partial charge in [-0.1, -0.05) is 18.9 Å². The van der Waals surface area contributed by atoms with Crippen LogP contribution in [0.3, 0.4) is 0 Å². The third kappa shape index (κ3) is 3.85. The number of ketones is 1. The molecule has 0 aliphatic heterocycles. The lowest BCUT2D eigenvalue weighted by Gasteiger charge is -2.26. The van der Waals surface area contributed by atoms with Crippen LogP contribution in [0.2, 0.25) is 0 Å². The Labute approximate surface area is 121 Å². The number of rotatable bonds is 6. The van der Waals surface area contributed by atoms with Crippen molar-refractivity contribution in [1.82, 2.24) is 4.90 Å². The number of nitrogens with zero attached hydrogens (tertiary/aromatic N) is 1. The minimum absolute atomic E-state index is 0.0660. The first-order valence-electron chi connectivity index (χ1n) is 6.98. The van der Waals surface area contributed by atoms with Gasteiger partial charge >= 0.3 is 0 Å². The summed E-state index contributed by atoms with van der Waals surface area (Å²) in [6.07, 6.45) is 3.75. The molecule has 0 aromatic heterocycles. The highest BCUT2D eigenvalue weighted by Crippen LogP contribution is 2.24. The molecule has 2 N–H and O–H groups in total. The Morgan fingerprint density at radius 2 is 1.71 bits per heavy atom. The largest absolute Gasteiger partial charge is 0.369 e. The van der Waals surface area contributed by atoms with Gasteiger partial charge in [-0.15, -0.1) is 0 Å². The molecule has 6 heteroatoms. The molecule has 1 amide bonds. The van der Waals surface area contributed by atoms with Gasteiger partial charge in [-0.2, -0.15) is 0 Å². The average Bonchev–Trinajstić information content (AvgIpc) is 2.90. The van der Waals surface area contributed by atoms with Crippen LogP contribution in [-0.2, 0) is 4.79 Å². The minimum Gasteiger partial charge on any atom is -0.369 e. The van der Waals surface area contributed by atoms with Crippen LogP contribution in [0, 0.1) is 11.6 Å².